The fourth-order valence-electron chi connectivity index (χ4n) is 0.276. The number of carbonyl (C=O) groups excluding carboxylic acids is 1. The standard InChI is InChI=1S/C5H5O/c1-4(6)5-2-3-5/h2-3H,1H3. The first-order chi connectivity index (χ1) is 2.80. The highest BCUT2D eigenvalue weighted by molar-refractivity contribution is 6.01. The highest BCUT2D eigenvalue weighted by Crippen LogP contribution is 2.16. The van der Waals surface area contributed by atoms with Gasteiger partial charge in [0.15, 0.2) is 5.78 Å². The van der Waals surface area contributed by atoms with E-state index in [4.69, 9.17) is 0 Å². The van der Waals surface area contributed by atoms with Crippen LogP contribution in [0.5, 0.6) is 0 Å². The van der Waals surface area contributed by atoms with E-state index in [2.05, 4.69) is 0 Å². The molecule has 0 N–H and O–H groups in total. The largest absolute Gasteiger partial charge is 0.295 e. The van der Waals surface area contributed by atoms with Crippen molar-refractivity contribution in [1.82, 2.24) is 0 Å². The lowest BCUT2D eigenvalue weighted by Crippen LogP contribution is -1.80. The van der Waals surface area contributed by atoms with Gasteiger partial charge in [-0.05, 0) is 12.5 Å². The van der Waals surface area contributed by atoms with Gasteiger partial charge < -0.3 is 0 Å². The lowest BCUT2D eigenvalue weighted by atomic mass is 10.4. The summed E-state index contributed by atoms with van der Waals surface area (Å²) in [6.07, 6.45) is 3.62. The molecule has 6 heavy (non-hydrogen) atoms. The first-order valence-electron chi connectivity index (χ1n) is 1.86. The topological polar surface area (TPSA) is 17.1 Å². The van der Waals surface area contributed by atoms with E-state index < -0.39 is 0 Å². The van der Waals surface area contributed by atoms with Gasteiger partial charge in [-0.3, -0.25) is 4.79 Å². The van der Waals surface area contributed by atoms with Crippen LogP contribution < -0.4 is 0 Å². The number of ketones is 1. The van der Waals surface area contributed by atoms with Crippen LogP contribution in [0.15, 0.2) is 11.6 Å². The molecule has 31 valence electrons. The molecule has 0 aromatic rings. The van der Waals surface area contributed by atoms with E-state index in [0.29, 0.717) is 0 Å². The smallest absolute Gasteiger partial charge is 0.156 e. The van der Waals surface area contributed by atoms with Gasteiger partial charge in [-0.1, -0.05) is 6.08 Å². The highest BCUT2D eigenvalue weighted by atomic mass is 16.1. The van der Waals surface area contributed by atoms with Crippen molar-refractivity contribution in [3.63, 3.8) is 0 Å². The maximum atomic E-state index is 10.1. The Bertz CT molecular complexity index is 111. The van der Waals surface area contributed by atoms with E-state index in [0.717, 1.165) is 5.57 Å². The van der Waals surface area contributed by atoms with Crippen molar-refractivity contribution in [2.75, 3.05) is 0 Å². The monoisotopic (exact) mass is 81.0 g/mol. The first-order valence-corrected chi connectivity index (χ1v) is 1.86. The number of rotatable bonds is 1. The van der Waals surface area contributed by atoms with Gasteiger partial charge in [0, 0.05) is 6.42 Å². The van der Waals surface area contributed by atoms with Crippen LogP contribution >= 0.6 is 0 Å². The van der Waals surface area contributed by atoms with Gasteiger partial charge in [-0.25, -0.2) is 0 Å². The molecule has 0 bridgehead atoms. The van der Waals surface area contributed by atoms with Crippen LogP contribution in [-0.2, 0) is 4.79 Å². The Morgan fingerprint density at radius 2 is 2.33 bits per heavy atom. The fourth-order valence-corrected chi connectivity index (χ4v) is 0.276. The van der Waals surface area contributed by atoms with E-state index >= 15 is 0 Å². The van der Waals surface area contributed by atoms with Gasteiger partial charge in [-0.2, -0.15) is 0 Å². The van der Waals surface area contributed by atoms with Crippen LogP contribution in [0.25, 0.3) is 0 Å². The van der Waals surface area contributed by atoms with E-state index in [1.165, 1.54) is 0 Å². The second-order valence-electron chi connectivity index (χ2n) is 1.34. The van der Waals surface area contributed by atoms with Crippen LogP contribution in [-0.4, -0.2) is 5.78 Å². The van der Waals surface area contributed by atoms with Crippen molar-refractivity contribution >= 4 is 5.78 Å². The van der Waals surface area contributed by atoms with E-state index in [1.54, 1.807) is 6.92 Å². The number of allylic oxidation sites excluding steroid dienone is 2. The average molecular weight is 81.1 g/mol. The number of Topliss-reactive ketones (excluding diaryl/α,β-unsaturated/α-hetero) is 1. The Labute approximate surface area is 36.7 Å². The molecule has 0 heterocycles. The third-order valence-corrected chi connectivity index (χ3v) is 0.740. The molecule has 0 unspecified atom stereocenters. The maximum Gasteiger partial charge on any atom is 0.156 e. The zero-order valence-corrected chi connectivity index (χ0v) is 3.56. The van der Waals surface area contributed by atoms with E-state index in [-0.39, 0.29) is 5.78 Å². The van der Waals surface area contributed by atoms with Crippen LogP contribution in [0.4, 0.5) is 0 Å². The maximum absolute atomic E-state index is 10.1. The molecule has 0 fully saturated rings. The van der Waals surface area contributed by atoms with Crippen LogP contribution in [0.2, 0.25) is 0 Å². The molecule has 1 heteroatoms. The van der Waals surface area contributed by atoms with Crippen LogP contribution in [0.1, 0.15) is 6.92 Å². The summed E-state index contributed by atoms with van der Waals surface area (Å²) in [6.45, 7) is 1.56. The lowest BCUT2D eigenvalue weighted by Gasteiger charge is -1.70. The fraction of sp³-hybridized carbons (Fsp3) is 0.200. The number of carbonyl (C=O) groups is 1. The minimum Gasteiger partial charge on any atom is -0.295 e. The summed E-state index contributed by atoms with van der Waals surface area (Å²) in [5, 5.41) is 0. The molecule has 0 saturated heterocycles. The van der Waals surface area contributed by atoms with Crippen LogP contribution in [0, 0.1) is 6.42 Å². The Balaban J connectivity index is 2.52. The normalized spacial score (nSPS) is 16.5. The second-order valence-corrected chi connectivity index (χ2v) is 1.34. The summed E-state index contributed by atoms with van der Waals surface area (Å²) < 4.78 is 0. The van der Waals surface area contributed by atoms with Crippen molar-refractivity contribution in [3.05, 3.63) is 18.1 Å². The Hall–Kier alpha value is -0.590. The van der Waals surface area contributed by atoms with Crippen molar-refractivity contribution < 1.29 is 4.79 Å². The average Bonchev–Trinajstić information content (AvgIpc) is 2.06. The minimum absolute atomic E-state index is 0.176. The summed E-state index contributed by atoms with van der Waals surface area (Å²) in [5.41, 5.74) is 0.870. The van der Waals surface area contributed by atoms with Gasteiger partial charge in [-0.15, -0.1) is 0 Å². The molecular formula is C5H5O. The zero-order chi connectivity index (χ0) is 4.57. The molecule has 1 aliphatic carbocycles. The Morgan fingerprint density at radius 3 is 2.33 bits per heavy atom. The van der Waals surface area contributed by atoms with Gasteiger partial charge in [0.2, 0.25) is 0 Å². The van der Waals surface area contributed by atoms with Crippen LogP contribution in [0.3, 0.4) is 0 Å². The lowest BCUT2D eigenvalue weighted by molar-refractivity contribution is -0.113. The molecule has 1 aliphatic rings. The molecular weight excluding hydrogens is 76.1 g/mol. The molecule has 0 aromatic heterocycles. The molecule has 0 saturated carbocycles. The summed E-state index contributed by atoms with van der Waals surface area (Å²) in [5.74, 6) is 0.176. The van der Waals surface area contributed by atoms with E-state index in [1.807, 2.05) is 12.5 Å². The highest BCUT2D eigenvalue weighted by Gasteiger charge is 2.10. The SMILES string of the molecule is CC(=O)C1=C[CH]1. The summed E-state index contributed by atoms with van der Waals surface area (Å²) in [4.78, 5) is 10.1. The first kappa shape index (κ1) is 3.59. The summed E-state index contributed by atoms with van der Waals surface area (Å²) in [6, 6.07) is 0. The predicted molar refractivity (Wildman–Crippen MR) is 23.1 cm³/mol. The minimum atomic E-state index is 0.176. The number of hydrogen-bond acceptors (Lipinski definition) is 1. The summed E-state index contributed by atoms with van der Waals surface area (Å²) in [7, 11) is 0. The number of hydrogen-bond donors (Lipinski definition) is 0. The third-order valence-electron chi connectivity index (χ3n) is 0.740. The van der Waals surface area contributed by atoms with Gasteiger partial charge in [0.1, 0.15) is 0 Å². The molecule has 0 aliphatic heterocycles. The summed E-state index contributed by atoms with van der Waals surface area (Å²) >= 11 is 0. The molecule has 0 spiro atoms. The van der Waals surface area contributed by atoms with Crippen molar-refractivity contribution in [2.24, 2.45) is 0 Å². The third kappa shape index (κ3) is 0.482. The van der Waals surface area contributed by atoms with E-state index in [9.17, 15) is 4.79 Å². The van der Waals surface area contributed by atoms with Crippen molar-refractivity contribution in [3.8, 4) is 0 Å². The van der Waals surface area contributed by atoms with Crippen molar-refractivity contribution in [1.29, 1.82) is 0 Å². The Kier molecular flexibility index (Phi) is 0.560. The molecule has 1 radical (unpaired) electrons. The molecule has 0 atom stereocenters. The van der Waals surface area contributed by atoms with Gasteiger partial charge in [0.05, 0.1) is 0 Å². The second kappa shape index (κ2) is 0.934. The zero-order valence-electron chi connectivity index (χ0n) is 3.56. The van der Waals surface area contributed by atoms with Crippen molar-refractivity contribution in [2.45, 2.75) is 6.92 Å². The quantitative estimate of drug-likeness (QED) is 0.454. The molecule has 1 rings (SSSR count). The van der Waals surface area contributed by atoms with Gasteiger partial charge in [0.25, 0.3) is 0 Å². The van der Waals surface area contributed by atoms with Gasteiger partial charge >= 0.3 is 0 Å². The molecule has 1 nitrogen and oxygen atoms in total. The molecule has 0 amide bonds. The molecule has 0 aromatic carbocycles. The Morgan fingerprint density at radius 1 is 1.83 bits per heavy atom. The predicted octanol–water partition coefficient (Wildman–Crippen LogP) is 0.720.